The maximum absolute atomic E-state index is 12.9. The molecule has 4 aliphatic rings. The lowest BCUT2D eigenvalue weighted by Crippen LogP contribution is -2.54. The van der Waals surface area contributed by atoms with Gasteiger partial charge in [-0.3, -0.25) is 29.6 Å². The van der Waals surface area contributed by atoms with Gasteiger partial charge in [-0.2, -0.15) is 0 Å². The number of hydrogen-bond donors (Lipinski definition) is 1. The lowest BCUT2D eigenvalue weighted by atomic mass is 9.90. The number of aromatic nitrogens is 1. The Hall–Kier alpha value is -3.26. The number of amides is 3. The zero-order chi connectivity index (χ0) is 23.2. The minimum absolute atomic E-state index is 0.135. The molecule has 8 nitrogen and oxygen atoms in total. The Morgan fingerprint density at radius 1 is 1.06 bits per heavy atom. The van der Waals surface area contributed by atoms with Gasteiger partial charge in [0.15, 0.2) is 0 Å². The molecule has 0 spiro atoms. The molecule has 2 aromatic rings. The molecule has 3 amide bonds. The molecule has 176 valence electrons. The van der Waals surface area contributed by atoms with Crippen LogP contribution in [0.2, 0.25) is 0 Å². The Morgan fingerprint density at radius 3 is 2.74 bits per heavy atom. The summed E-state index contributed by atoms with van der Waals surface area (Å²) in [6.45, 7) is 2.44. The quantitative estimate of drug-likeness (QED) is 0.688. The van der Waals surface area contributed by atoms with E-state index >= 15 is 0 Å². The fourth-order valence-corrected chi connectivity index (χ4v) is 5.87. The molecule has 0 radical (unpaired) electrons. The highest BCUT2D eigenvalue weighted by Crippen LogP contribution is 2.37. The average molecular weight is 461 g/mol. The number of likely N-dealkylation sites (tertiary alicyclic amines) is 1. The Morgan fingerprint density at radius 2 is 1.94 bits per heavy atom. The molecular weight excluding hydrogens is 432 g/mol. The molecule has 1 aromatic heterocycles. The van der Waals surface area contributed by atoms with Crippen LogP contribution in [-0.2, 0) is 16.1 Å². The third-order valence-corrected chi connectivity index (χ3v) is 7.73. The van der Waals surface area contributed by atoms with Crippen LogP contribution in [0, 0.1) is 0 Å². The number of nitrogens with zero attached hydrogens (tertiary/aromatic N) is 3. The average Bonchev–Trinajstić information content (AvgIpc) is 3.38. The van der Waals surface area contributed by atoms with Crippen molar-refractivity contribution in [3.63, 3.8) is 0 Å². The number of rotatable bonds is 5. The van der Waals surface area contributed by atoms with Crippen molar-refractivity contribution in [3.8, 4) is 5.75 Å². The first kappa shape index (κ1) is 21.3. The molecule has 4 heterocycles. The van der Waals surface area contributed by atoms with Crippen LogP contribution in [0.1, 0.15) is 59.5 Å². The third-order valence-electron chi connectivity index (χ3n) is 7.73. The van der Waals surface area contributed by atoms with Crippen molar-refractivity contribution in [1.29, 1.82) is 0 Å². The number of fused-ring (bicyclic) bond motifs is 1. The summed E-state index contributed by atoms with van der Waals surface area (Å²) in [6, 6.07) is 9.59. The number of benzene rings is 1. The van der Waals surface area contributed by atoms with Crippen molar-refractivity contribution >= 4 is 17.7 Å². The second kappa shape index (κ2) is 8.51. The van der Waals surface area contributed by atoms with Crippen LogP contribution in [0.15, 0.2) is 42.7 Å². The van der Waals surface area contributed by atoms with Gasteiger partial charge in [-0.15, -0.1) is 0 Å². The van der Waals surface area contributed by atoms with Gasteiger partial charge in [0, 0.05) is 56.0 Å². The lowest BCUT2D eigenvalue weighted by Gasteiger charge is -2.45. The highest BCUT2D eigenvalue weighted by molar-refractivity contribution is 6.05. The van der Waals surface area contributed by atoms with Crippen molar-refractivity contribution in [2.24, 2.45) is 0 Å². The van der Waals surface area contributed by atoms with E-state index in [1.165, 1.54) is 5.56 Å². The van der Waals surface area contributed by atoms with E-state index in [9.17, 15) is 14.4 Å². The first-order valence-corrected chi connectivity index (χ1v) is 12.1. The number of carbonyl (C=O) groups is 3. The van der Waals surface area contributed by atoms with Gasteiger partial charge in [-0.1, -0.05) is 6.07 Å². The van der Waals surface area contributed by atoms with Gasteiger partial charge in [-0.05, 0) is 61.1 Å². The standard InChI is InChI=1S/C26H28N4O4/c31-24-9-8-22(25(32)28-24)30-15-17-11-19(6-7-20(17)26(30)33)34-23-5-1-4-21(23)29-13-18(14-29)16-3-2-10-27-12-16/h2-3,6-7,10-12,18,21-23H,1,4-5,8-9,13-15H2,(H,28,31,32)/t21-,22?,23+/m0/s1. The fourth-order valence-electron chi connectivity index (χ4n) is 5.87. The van der Waals surface area contributed by atoms with E-state index in [-0.39, 0.29) is 30.2 Å². The summed E-state index contributed by atoms with van der Waals surface area (Å²) < 4.78 is 6.45. The molecule has 3 atom stereocenters. The number of hydrogen-bond acceptors (Lipinski definition) is 6. The van der Waals surface area contributed by atoms with E-state index < -0.39 is 6.04 Å². The van der Waals surface area contributed by atoms with Gasteiger partial charge in [0.25, 0.3) is 5.91 Å². The maximum atomic E-state index is 12.9. The smallest absolute Gasteiger partial charge is 0.255 e. The van der Waals surface area contributed by atoms with E-state index in [1.807, 2.05) is 36.7 Å². The van der Waals surface area contributed by atoms with Gasteiger partial charge < -0.3 is 9.64 Å². The van der Waals surface area contributed by atoms with E-state index in [0.717, 1.165) is 43.7 Å². The molecule has 1 aromatic carbocycles. The third kappa shape index (κ3) is 3.76. The highest BCUT2D eigenvalue weighted by atomic mass is 16.5. The molecule has 34 heavy (non-hydrogen) atoms. The van der Waals surface area contributed by atoms with Crippen LogP contribution in [0.3, 0.4) is 0 Å². The van der Waals surface area contributed by atoms with Crippen LogP contribution >= 0.6 is 0 Å². The Bertz CT molecular complexity index is 1130. The van der Waals surface area contributed by atoms with Gasteiger partial charge in [0.1, 0.15) is 17.9 Å². The molecule has 1 aliphatic carbocycles. The monoisotopic (exact) mass is 460 g/mol. The largest absolute Gasteiger partial charge is 0.489 e. The highest BCUT2D eigenvalue weighted by Gasteiger charge is 2.42. The fraction of sp³-hybridized carbons (Fsp3) is 0.462. The Kier molecular flexibility index (Phi) is 5.32. The lowest BCUT2D eigenvalue weighted by molar-refractivity contribution is -0.136. The number of carbonyl (C=O) groups excluding carboxylic acids is 3. The van der Waals surface area contributed by atoms with Gasteiger partial charge in [0.05, 0.1) is 0 Å². The molecule has 8 heteroatoms. The number of pyridine rings is 1. The Labute approximate surface area is 198 Å². The molecule has 3 fully saturated rings. The van der Waals surface area contributed by atoms with Crippen LogP contribution in [0.25, 0.3) is 0 Å². The number of nitrogens with one attached hydrogen (secondary N) is 1. The van der Waals surface area contributed by atoms with Crippen LogP contribution in [-0.4, -0.2) is 63.8 Å². The number of imide groups is 1. The first-order valence-electron chi connectivity index (χ1n) is 12.1. The summed E-state index contributed by atoms with van der Waals surface area (Å²) >= 11 is 0. The van der Waals surface area contributed by atoms with Gasteiger partial charge in [-0.25, -0.2) is 0 Å². The molecule has 3 aliphatic heterocycles. The first-order chi connectivity index (χ1) is 16.6. The second-order valence-electron chi connectivity index (χ2n) is 9.81. The summed E-state index contributed by atoms with van der Waals surface area (Å²) in [5.41, 5.74) is 2.79. The van der Waals surface area contributed by atoms with Crippen molar-refractivity contribution in [3.05, 3.63) is 59.4 Å². The summed E-state index contributed by atoms with van der Waals surface area (Å²) in [7, 11) is 0. The summed E-state index contributed by atoms with van der Waals surface area (Å²) in [4.78, 5) is 45.0. The topological polar surface area (TPSA) is 91.8 Å². The number of ether oxygens (including phenoxy) is 1. The van der Waals surface area contributed by atoms with Crippen LogP contribution in [0.5, 0.6) is 5.75 Å². The molecule has 0 bridgehead atoms. The minimum Gasteiger partial charge on any atom is -0.489 e. The second-order valence-corrected chi connectivity index (χ2v) is 9.81. The van der Waals surface area contributed by atoms with E-state index in [2.05, 4.69) is 21.3 Å². The molecule has 1 N–H and O–H groups in total. The van der Waals surface area contributed by atoms with E-state index in [0.29, 0.717) is 30.5 Å². The zero-order valence-corrected chi connectivity index (χ0v) is 19.0. The maximum Gasteiger partial charge on any atom is 0.255 e. The summed E-state index contributed by atoms with van der Waals surface area (Å²) in [5.74, 6) is 0.497. The zero-order valence-electron chi connectivity index (χ0n) is 19.0. The van der Waals surface area contributed by atoms with Gasteiger partial charge in [0.2, 0.25) is 11.8 Å². The van der Waals surface area contributed by atoms with Crippen LogP contribution < -0.4 is 10.1 Å². The Balaban J connectivity index is 1.11. The molecule has 1 saturated carbocycles. The molecule has 2 saturated heterocycles. The van der Waals surface area contributed by atoms with Crippen molar-refractivity contribution < 1.29 is 19.1 Å². The SMILES string of the molecule is O=C1CCC(N2Cc3cc(O[C@@H]4CCC[C@@H]4N4CC(c5cccnc5)C4)ccc3C2=O)C(=O)N1. The molecule has 6 rings (SSSR count). The number of piperidine rings is 1. The van der Waals surface area contributed by atoms with Crippen molar-refractivity contribution in [2.75, 3.05) is 13.1 Å². The normalized spacial score (nSPS) is 27.5. The van der Waals surface area contributed by atoms with Gasteiger partial charge >= 0.3 is 0 Å². The molecule has 1 unspecified atom stereocenters. The minimum atomic E-state index is -0.597. The molecular formula is C26H28N4O4. The van der Waals surface area contributed by atoms with E-state index in [4.69, 9.17) is 4.74 Å². The predicted molar refractivity (Wildman–Crippen MR) is 123 cm³/mol. The summed E-state index contributed by atoms with van der Waals surface area (Å²) in [5, 5.41) is 2.35. The van der Waals surface area contributed by atoms with Crippen molar-refractivity contribution in [1.82, 2.24) is 20.1 Å². The van der Waals surface area contributed by atoms with Crippen molar-refractivity contribution in [2.45, 2.75) is 62.8 Å². The van der Waals surface area contributed by atoms with E-state index in [1.54, 1.807) is 4.90 Å². The summed E-state index contributed by atoms with van der Waals surface area (Å²) in [6.07, 6.45) is 7.85. The van der Waals surface area contributed by atoms with Crippen LogP contribution in [0.4, 0.5) is 0 Å². The predicted octanol–water partition coefficient (Wildman–Crippen LogP) is 2.24.